The van der Waals surface area contributed by atoms with Crippen molar-refractivity contribution in [2.75, 3.05) is 17.7 Å². The molecule has 3 N–H and O–H groups in total. The Labute approximate surface area is 174 Å². The van der Waals surface area contributed by atoms with Crippen LogP contribution in [0.25, 0.3) is 21.8 Å². The SMILES string of the molecule is CNC(=O)c1ccc2c(c1)nc(Nc1ccccc1C)c1nc(NC3CC3)ncc12. The van der Waals surface area contributed by atoms with E-state index < -0.39 is 0 Å². The van der Waals surface area contributed by atoms with E-state index in [2.05, 4.69) is 20.9 Å². The van der Waals surface area contributed by atoms with Crippen molar-refractivity contribution < 1.29 is 4.79 Å². The highest BCUT2D eigenvalue weighted by Gasteiger charge is 2.22. The van der Waals surface area contributed by atoms with Crippen LogP contribution in [0.2, 0.25) is 0 Å². The molecular weight excluding hydrogens is 376 g/mol. The first-order valence-corrected chi connectivity index (χ1v) is 10.0. The summed E-state index contributed by atoms with van der Waals surface area (Å²) >= 11 is 0. The van der Waals surface area contributed by atoms with Gasteiger partial charge in [-0.25, -0.2) is 15.0 Å². The molecule has 1 fully saturated rings. The minimum atomic E-state index is -0.146. The quantitative estimate of drug-likeness (QED) is 0.437. The molecule has 7 nitrogen and oxygen atoms in total. The number of nitrogens with one attached hydrogen (secondary N) is 3. The zero-order chi connectivity index (χ0) is 20.7. The highest BCUT2D eigenvalue weighted by atomic mass is 16.1. The lowest BCUT2D eigenvalue weighted by Crippen LogP contribution is -2.17. The van der Waals surface area contributed by atoms with Gasteiger partial charge in [0.05, 0.1) is 5.52 Å². The Morgan fingerprint density at radius 1 is 1.07 bits per heavy atom. The van der Waals surface area contributed by atoms with Gasteiger partial charge in [-0.05, 0) is 43.5 Å². The molecule has 0 atom stereocenters. The Morgan fingerprint density at radius 3 is 2.67 bits per heavy atom. The van der Waals surface area contributed by atoms with Gasteiger partial charge in [0.2, 0.25) is 5.95 Å². The van der Waals surface area contributed by atoms with Crippen LogP contribution in [0.5, 0.6) is 0 Å². The Balaban J connectivity index is 1.70. The smallest absolute Gasteiger partial charge is 0.251 e. The van der Waals surface area contributed by atoms with Crippen molar-refractivity contribution >= 4 is 45.2 Å². The molecule has 0 spiro atoms. The number of aromatic nitrogens is 3. The minimum Gasteiger partial charge on any atom is -0.355 e. The lowest BCUT2D eigenvalue weighted by molar-refractivity contribution is 0.0963. The summed E-state index contributed by atoms with van der Waals surface area (Å²) in [6.45, 7) is 2.05. The molecular formula is C23H22N6O. The number of carbonyl (C=O) groups is 1. The fourth-order valence-corrected chi connectivity index (χ4v) is 3.48. The summed E-state index contributed by atoms with van der Waals surface area (Å²) in [5, 5.41) is 11.3. The Bertz CT molecular complexity index is 1280. The van der Waals surface area contributed by atoms with Gasteiger partial charge in [-0.3, -0.25) is 4.79 Å². The number of pyridine rings is 1. The lowest BCUT2D eigenvalue weighted by Gasteiger charge is -2.14. The van der Waals surface area contributed by atoms with Gasteiger partial charge in [0, 0.05) is 41.3 Å². The standard InChI is InChI=1S/C23H22N6O/c1-13-5-3-4-6-18(13)27-21-20-17(12-25-23(29-20)26-15-8-9-15)16-10-7-14(22(30)24-2)11-19(16)28-21/h3-7,10-12,15H,8-9H2,1-2H3,(H,24,30)(H,27,28)(H,25,26,29). The van der Waals surface area contributed by atoms with Crippen LogP contribution in [0.4, 0.5) is 17.5 Å². The number of amides is 1. The van der Waals surface area contributed by atoms with Crippen molar-refractivity contribution in [3.8, 4) is 0 Å². The number of aryl methyl sites for hydroxylation is 1. The molecule has 150 valence electrons. The third kappa shape index (κ3) is 3.39. The Kier molecular flexibility index (Phi) is 4.43. The van der Waals surface area contributed by atoms with Crippen molar-refractivity contribution in [3.63, 3.8) is 0 Å². The van der Waals surface area contributed by atoms with Crippen molar-refractivity contribution in [3.05, 3.63) is 59.8 Å². The normalized spacial score (nSPS) is 13.4. The van der Waals surface area contributed by atoms with Crippen LogP contribution in [-0.2, 0) is 0 Å². The van der Waals surface area contributed by atoms with E-state index in [-0.39, 0.29) is 5.91 Å². The third-order valence-corrected chi connectivity index (χ3v) is 5.33. The first-order valence-electron chi connectivity index (χ1n) is 10.0. The predicted octanol–water partition coefficient (Wildman–Crippen LogP) is 4.16. The summed E-state index contributed by atoms with van der Waals surface area (Å²) in [4.78, 5) is 26.2. The highest BCUT2D eigenvalue weighted by Crippen LogP contribution is 2.32. The van der Waals surface area contributed by atoms with Gasteiger partial charge >= 0.3 is 0 Å². The van der Waals surface area contributed by atoms with Gasteiger partial charge in [-0.1, -0.05) is 24.3 Å². The largest absolute Gasteiger partial charge is 0.355 e. The van der Waals surface area contributed by atoms with E-state index in [1.807, 2.05) is 43.5 Å². The van der Waals surface area contributed by atoms with E-state index in [9.17, 15) is 4.79 Å². The van der Waals surface area contributed by atoms with Gasteiger partial charge in [-0.2, -0.15) is 0 Å². The van der Waals surface area contributed by atoms with E-state index in [4.69, 9.17) is 9.97 Å². The number of hydrogen-bond acceptors (Lipinski definition) is 6. The second-order valence-electron chi connectivity index (χ2n) is 7.59. The van der Waals surface area contributed by atoms with Crippen molar-refractivity contribution in [1.82, 2.24) is 20.3 Å². The third-order valence-electron chi connectivity index (χ3n) is 5.33. The number of carbonyl (C=O) groups excluding carboxylic acids is 1. The van der Waals surface area contributed by atoms with Crippen LogP contribution in [0.3, 0.4) is 0 Å². The number of anilines is 3. The molecule has 0 saturated heterocycles. The van der Waals surface area contributed by atoms with Crippen molar-refractivity contribution in [1.29, 1.82) is 0 Å². The molecule has 7 heteroatoms. The average molecular weight is 398 g/mol. The second-order valence-corrected chi connectivity index (χ2v) is 7.59. The van der Waals surface area contributed by atoms with Gasteiger partial charge in [0.1, 0.15) is 5.52 Å². The summed E-state index contributed by atoms with van der Waals surface area (Å²) < 4.78 is 0. The molecule has 30 heavy (non-hydrogen) atoms. The number of rotatable bonds is 5. The molecule has 1 aliphatic rings. The van der Waals surface area contributed by atoms with Crippen LogP contribution in [-0.4, -0.2) is 33.9 Å². The van der Waals surface area contributed by atoms with Gasteiger partial charge in [0.15, 0.2) is 5.82 Å². The number of hydrogen-bond donors (Lipinski definition) is 3. The lowest BCUT2D eigenvalue weighted by atomic mass is 10.1. The van der Waals surface area contributed by atoms with Gasteiger partial charge in [0.25, 0.3) is 5.91 Å². The van der Waals surface area contributed by atoms with Crippen LogP contribution < -0.4 is 16.0 Å². The summed E-state index contributed by atoms with van der Waals surface area (Å²) in [7, 11) is 1.62. The topological polar surface area (TPSA) is 91.8 Å². The Morgan fingerprint density at radius 2 is 1.90 bits per heavy atom. The van der Waals surface area contributed by atoms with E-state index in [1.54, 1.807) is 19.2 Å². The number of fused-ring (bicyclic) bond motifs is 3. The first-order chi connectivity index (χ1) is 14.6. The molecule has 2 aromatic carbocycles. The maximum Gasteiger partial charge on any atom is 0.251 e. The maximum atomic E-state index is 12.1. The molecule has 0 bridgehead atoms. The molecule has 0 unspecified atom stereocenters. The number of benzene rings is 2. The maximum absolute atomic E-state index is 12.1. The van der Waals surface area contributed by atoms with E-state index in [0.29, 0.717) is 28.9 Å². The van der Waals surface area contributed by atoms with Crippen molar-refractivity contribution in [2.24, 2.45) is 0 Å². The van der Waals surface area contributed by atoms with Gasteiger partial charge in [-0.15, -0.1) is 0 Å². The Hall–Kier alpha value is -3.74. The summed E-state index contributed by atoms with van der Waals surface area (Å²) in [5.74, 6) is 1.11. The molecule has 4 aromatic rings. The summed E-state index contributed by atoms with van der Waals surface area (Å²) in [6.07, 6.45) is 4.13. The minimum absolute atomic E-state index is 0.146. The fraction of sp³-hybridized carbons (Fsp3) is 0.217. The molecule has 0 aliphatic heterocycles. The van der Waals surface area contributed by atoms with Gasteiger partial charge < -0.3 is 16.0 Å². The monoisotopic (exact) mass is 398 g/mol. The van der Waals surface area contributed by atoms with Crippen molar-refractivity contribution in [2.45, 2.75) is 25.8 Å². The van der Waals surface area contributed by atoms with E-state index >= 15 is 0 Å². The molecule has 0 radical (unpaired) electrons. The summed E-state index contributed by atoms with van der Waals surface area (Å²) in [5.41, 5.74) is 4.09. The molecule has 5 rings (SSSR count). The molecule has 1 amide bonds. The zero-order valence-electron chi connectivity index (χ0n) is 16.9. The molecule has 2 heterocycles. The summed E-state index contributed by atoms with van der Waals surface area (Å²) in [6, 6.07) is 14.0. The molecule has 2 aromatic heterocycles. The van der Waals surface area contributed by atoms with Crippen LogP contribution in [0.15, 0.2) is 48.7 Å². The number of nitrogens with zero attached hydrogens (tertiary/aromatic N) is 3. The first kappa shape index (κ1) is 18.3. The highest BCUT2D eigenvalue weighted by molar-refractivity contribution is 6.10. The van der Waals surface area contributed by atoms with Crippen LogP contribution in [0, 0.1) is 6.92 Å². The van der Waals surface area contributed by atoms with Crippen LogP contribution >= 0.6 is 0 Å². The molecule has 1 aliphatic carbocycles. The van der Waals surface area contributed by atoms with Crippen LogP contribution in [0.1, 0.15) is 28.8 Å². The zero-order valence-corrected chi connectivity index (χ0v) is 16.9. The second kappa shape index (κ2) is 7.26. The predicted molar refractivity (Wildman–Crippen MR) is 119 cm³/mol. The van der Waals surface area contributed by atoms with E-state index in [1.165, 1.54) is 0 Å². The molecule has 1 saturated carbocycles. The van der Waals surface area contributed by atoms with E-state index in [0.717, 1.165) is 40.4 Å². The fourth-order valence-electron chi connectivity index (χ4n) is 3.48. The number of para-hydroxylation sites is 1. The average Bonchev–Trinajstić information content (AvgIpc) is 3.58.